The zero-order chi connectivity index (χ0) is 12.5. The van der Waals surface area contributed by atoms with Crippen LogP contribution in [-0.2, 0) is 11.2 Å². The number of carboxylic acid groups (broad SMARTS) is 1. The molecule has 0 bridgehead atoms. The van der Waals surface area contributed by atoms with Crippen LogP contribution in [0, 0.1) is 5.41 Å². The third-order valence-electron chi connectivity index (χ3n) is 3.41. The molecular weight excluding hydrogens is 226 g/mol. The normalized spacial score (nSPS) is 26.9. The molecule has 17 heavy (non-hydrogen) atoms. The highest BCUT2D eigenvalue weighted by Crippen LogP contribution is 2.49. The highest BCUT2D eigenvalue weighted by Gasteiger charge is 2.53. The van der Waals surface area contributed by atoms with Gasteiger partial charge in [-0.05, 0) is 18.4 Å². The number of halogens is 2. The molecule has 1 aromatic rings. The van der Waals surface area contributed by atoms with Crippen LogP contribution in [0.5, 0.6) is 0 Å². The van der Waals surface area contributed by atoms with Gasteiger partial charge in [0.2, 0.25) is 5.92 Å². The lowest BCUT2D eigenvalue weighted by Crippen LogP contribution is -2.32. The van der Waals surface area contributed by atoms with Crippen molar-refractivity contribution in [3.05, 3.63) is 35.9 Å². The van der Waals surface area contributed by atoms with E-state index in [9.17, 15) is 18.7 Å². The van der Waals surface area contributed by atoms with Crippen LogP contribution in [0.1, 0.15) is 24.8 Å². The van der Waals surface area contributed by atoms with Gasteiger partial charge in [0.05, 0.1) is 5.41 Å². The van der Waals surface area contributed by atoms with Crippen molar-refractivity contribution in [3.63, 3.8) is 0 Å². The van der Waals surface area contributed by atoms with Crippen molar-refractivity contribution >= 4 is 5.97 Å². The fourth-order valence-electron chi connectivity index (χ4n) is 2.49. The lowest BCUT2D eigenvalue weighted by atomic mass is 9.80. The average molecular weight is 240 g/mol. The van der Waals surface area contributed by atoms with Gasteiger partial charge in [0, 0.05) is 12.8 Å². The Hall–Kier alpha value is -1.45. The summed E-state index contributed by atoms with van der Waals surface area (Å²) in [5, 5.41) is 9.22. The summed E-state index contributed by atoms with van der Waals surface area (Å²) in [5.41, 5.74) is -0.502. The van der Waals surface area contributed by atoms with Gasteiger partial charge in [0.1, 0.15) is 0 Å². The summed E-state index contributed by atoms with van der Waals surface area (Å²) in [5.74, 6) is -3.95. The van der Waals surface area contributed by atoms with Gasteiger partial charge < -0.3 is 5.11 Å². The maximum absolute atomic E-state index is 13.2. The zero-order valence-corrected chi connectivity index (χ0v) is 9.33. The van der Waals surface area contributed by atoms with Crippen molar-refractivity contribution in [2.45, 2.75) is 31.6 Å². The molecule has 0 amide bonds. The molecule has 2 rings (SSSR count). The predicted molar refractivity (Wildman–Crippen MR) is 59.0 cm³/mol. The molecule has 1 atom stereocenters. The largest absolute Gasteiger partial charge is 0.481 e. The van der Waals surface area contributed by atoms with E-state index in [1.165, 1.54) is 0 Å². The lowest BCUT2D eigenvalue weighted by Gasteiger charge is -2.24. The fraction of sp³-hybridized carbons (Fsp3) is 0.462. The van der Waals surface area contributed by atoms with Crippen LogP contribution in [0.3, 0.4) is 0 Å². The average Bonchev–Trinajstić information content (AvgIpc) is 2.57. The molecule has 4 heteroatoms. The summed E-state index contributed by atoms with van der Waals surface area (Å²) in [6.45, 7) is 0. The first-order chi connectivity index (χ1) is 7.94. The number of carboxylic acids is 1. The Morgan fingerprint density at radius 3 is 2.35 bits per heavy atom. The second-order valence-electron chi connectivity index (χ2n) is 4.78. The second-order valence-corrected chi connectivity index (χ2v) is 4.78. The van der Waals surface area contributed by atoms with Crippen LogP contribution in [-0.4, -0.2) is 17.0 Å². The van der Waals surface area contributed by atoms with Gasteiger partial charge in [0.15, 0.2) is 0 Å². The van der Waals surface area contributed by atoms with Crippen molar-refractivity contribution in [1.29, 1.82) is 0 Å². The fourth-order valence-corrected chi connectivity index (χ4v) is 2.49. The van der Waals surface area contributed by atoms with Crippen molar-refractivity contribution < 1.29 is 18.7 Å². The molecule has 1 aromatic carbocycles. The Labute approximate surface area is 98.3 Å². The first-order valence-corrected chi connectivity index (χ1v) is 5.59. The number of hydrogen-bond acceptors (Lipinski definition) is 1. The molecular formula is C13H14F2O2. The van der Waals surface area contributed by atoms with Crippen molar-refractivity contribution in [2.24, 2.45) is 5.41 Å². The van der Waals surface area contributed by atoms with E-state index in [-0.39, 0.29) is 19.3 Å². The van der Waals surface area contributed by atoms with Gasteiger partial charge >= 0.3 is 5.97 Å². The highest BCUT2D eigenvalue weighted by atomic mass is 19.3. The van der Waals surface area contributed by atoms with Gasteiger partial charge in [-0.15, -0.1) is 0 Å². The first-order valence-electron chi connectivity index (χ1n) is 5.59. The number of carbonyl (C=O) groups is 1. The quantitative estimate of drug-likeness (QED) is 0.881. The number of hydrogen-bond donors (Lipinski definition) is 1. The molecule has 0 radical (unpaired) electrons. The molecule has 1 aliphatic rings. The standard InChI is InChI=1S/C13H14F2O2/c14-13(15)7-6-12(9-13,11(16)17)8-10-4-2-1-3-5-10/h1-5H,6-9H2,(H,16,17). The Bertz CT molecular complexity index is 417. The van der Waals surface area contributed by atoms with Gasteiger partial charge in [-0.2, -0.15) is 0 Å². The van der Waals surface area contributed by atoms with E-state index in [1.807, 2.05) is 6.07 Å². The second kappa shape index (κ2) is 4.09. The Balaban J connectivity index is 2.23. The molecule has 0 saturated heterocycles. The number of alkyl halides is 2. The third kappa shape index (κ3) is 2.46. The van der Waals surface area contributed by atoms with Crippen molar-refractivity contribution in [2.75, 3.05) is 0 Å². The van der Waals surface area contributed by atoms with Crippen LogP contribution >= 0.6 is 0 Å². The summed E-state index contributed by atoms with van der Waals surface area (Å²) in [7, 11) is 0. The predicted octanol–water partition coefficient (Wildman–Crippen LogP) is 3.12. The lowest BCUT2D eigenvalue weighted by molar-refractivity contribution is -0.150. The Morgan fingerprint density at radius 1 is 1.24 bits per heavy atom. The molecule has 1 saturated carbocycles. The summed E-state index contributed by atoms with van der Waals surface area (Å²) < 4.78 is 26.5. The van der Waals surface area contributed by atoms with Crippen molar-refractivity contribution in [1.82, 2.24) is 0 Å². The molecule has 0 aromatic heterocycles. The van der Waals surface area contributed by atoms with Gasteiger partial charge in [-0.25, -0.2) is 8.78 Å². The van der Waals surface area contributed by atoms with Crippen LogP contribution < -0.4 is 0 Å². The highest BCUT2D eigenvalue weighted by molar-refractivity contribution is 5.75. The van der Waals surface area contributed by atoms with Crippen LogP contribution in [0.15, 0.2) is 30.3 Å². The SMILES string of the molecule is O=C(O)C1(Cc2ccccc2)CCC(F)(F)C1. The number of benzene rings is 1. The molecule has 1 aliphatic carbocycles. The van der Waals surface area contributed by atoms with Crippen LogP contribution in [0.2, 0.25) is 0 Å². The Kier molecular flexibility index (Phi) is 2.89. The number of rotatable bonds is 3. The van der Waals surface area contributed by atoms with Gasteiger partial charge in [0.25, 0.3) is 0 Å². The monoisotopic (exact) mass is 240 g/mol. The van der Waals surface area contributed by atoms with Gasteiger partial charge in [-0.3, -0.25) is 4.79 Å². The van der Waals surface area contributed by atoms with Crippen LogP contribution in [0.25, 0.3) is 0 Å². The topological polar surface area (TPSA) is 37.3 Å². The van der Waals surface area contributed by atoms with E-state index in [2.05, 4.69) is 0 Å². The molecule has 0 heterocycles. The van der Waals surface area contributed by atoms with E-state index in [0.717, 1.165) is 5.56 Å². The smallest absolute Gasteiger partial charge is 0.310 e. The third-order valence-corrected chi connectivity index (χ3v) is 3.41. The minimum atomic E-state index is -2.84. The maximum atomic E-state index is 13.2. The molecule has 92 valence electrons. The minimum absolute atomic E-state index is 0.0459. The van der Waals surface area contributed by atoms with E-state index >= 15 is 0 Å². The number of aliphatic carboxylic acids is 1. The van der Waals surface area contributed by atoms with Gasteiger partial charge in [-0.1, -0.05) is 30.3 Å². The summed E-state index contributed by atoms with van der Waals surface area (Å²) >= 11 is 0. The molecule has 1 N–H and O–H groups in total. The molecule has 2 nitrogen and oxygen atoms in total. The molecule has 1 unspecified atom stereocenters. The van der Waals surface area contributed by atoms with E-state index in [0.29, 0.717) is 0 Å². The van der Waals surface area contributed by atoms with Crippen molar-refractivity contribution in [3.8, 4) is 0 Å². The summed E-state index contributed by atoms with van der Waals surface area (Å²) in [4.78, 5) is 11.3. The zero-order valence-electron chi connectivity index (χ0n) is 9.33. The molecule has 1 fully saturated rings. The summed E-state index contributed by atoms with van der Waals surface area (Å²) in [6, 6.07) is 8.96. The van der Waals surface area contributed by atoms with Crippen LogP contribution in [0.4, 0.5) is 8.78 Å². The minimum Gasteiger partial charge on any atom is -0.481 e. The van der Waals surface area contributed by atoms with E-state index in [4.69, 9.17) is 0 Å². The van der Waals surface area contributed by atoms with E-state index in [1.54, 1.807) is 24.3 Å². The molecule has 0 spiro atoms. The maximum Gasteiger partial charge on any atom is 0.310 e. The first kappa shape index (κ1) is 12.0. The molecule has 0 aliphatic heterocycles. The van der Waals surface area contributed by atoms with E-state index < -0.39 is 23.7 Å². The Morgan fingerprint density at radius 2 is 1.88 bits per heavy atom. The summed E-state index contributed by atoms with van der Waals surface area (Å²) in [6.07, 6.45) is -0.653.